The summed E-state index contributed by atoms with van der Waals surface area (Å²) in [7, 11) is 0. The van der Waals surface area contributed by atoms with Gasteiger partial charge in [-0.2, -0.15) is 0 Å². The zero-order valence-electron chi connectivity index (χ0n) is 11.2. The van der Waals surface area contributed by atoms with Gasteiger partial charge in [0, 0.05) is 27.8 Å². The lowest BCUT2D eigenvalue weighted by Crippen LogP contribution is -2.15. The summed E-state index contributed by atoms with van der Waals surface area (Å²) in [6, 6.07) is 5.56. The van der Waals surface area contributed by atoms with Crippen LogP contribution in [-0.2, 0) is 0 Å². The third kappa shape index (κ3) is 2.13. The quantitative estimate of drug-likeness (QED) is 0.778. The molecule has 4 nitrogen and oxygen atoms in total. The van der Waals surface area contributed by atoms with Gasteiger partial charge in [0.1, 0.15) is 17.4 Å². The van der Waals surface area contributed by atoms with E-state index >= 15 is 0 Å². The van der Waals surface area contributed by atoms with Crippen molar-refractivity contribution in [1.29, 1.82) is 0 Å². The van der Waals surface area contributed by atoms with Crippen molar-refractivity contribution in [1.82, 2.24) is 9.97 Å². The first-order chi connectivity index (χ1) is 9.58. The van der Waals surface area contributed by atoms with E-state index in [0.29, 0.717) is 0 Å². The van der Waals surface area contributed by atoms with Crippen LogP contribution >= 0.6 is 15.9 Å². The van der Waals surface area contributed by atoms with Crippen molar-refractivity contribution < 1.29 is 4.42 Å². The van der Waals surface area contributed by atoms with Gasteiger partial charge >= 0.3 is 0 Å². The van der Waals surface area contributed by atoms with Crippen molar-refractivity contribution >= 4 is 26.9 Å². The number of hydrogen-bond donors (Lipinski definition) is 1. The molecule has 5 heteroatoms. The number of rotatable bonds is 2. The molecule has 3 rings (SSSR count). The Morgan fingerprint density at radius 1 is 1.20 bits per heavy atom. The average Bonchev–Trinajstić information content (AvgIpc) is 2.75. The first-order valence-electron chi connectivity index (χ1n) is 6.29. The van der Waals surface area contributed by atoms with E-state index in [2.05, 4.69) is 25.9 Å². The van der Waals surface area contributed by atoms with E-state index in [-0.39, 0.29) is 0 Å². The number of nitrogens with zero attached hydrogens (tertiary/aromatic N) is 2. The number of benzene rings is 1. The molecule has 0 aliphatic heterocycles. The molecule has 20 heavy (non-hydrogen) atoms. The summed E-state index contributed by atoms with van der Waals surface area (Å²) >= 11 is 3.45. The van der Waals surface area contributed by atoms with Crippen molar-refractivity contribution in [2.45, 2.75) is 19.9 Å². The highest BCUT2D eigenvalue weighted by Gasteiger charge is 2.21. The van der Waals surface area contributed by atoms with Crippen molar-refractivity contribution in [2.24, 2.45) is 5.73 Å². The summed E-state index contributed by atoms with van der Waals surface area (Å²) in [5, 5.41) is 1.07. The lowest BCUT2D eigenvalue weighted by atomic mass is 10.0. The SMILES string of the molecule is Cc1nccnc1C(N)c1oc2cc(Br)ccc2c1C. The van der Waals surface area contributed by atoms with E-state index in [4.69, 9.17) is 10.2 Å². The number of hydrogen-bond acceptors (Lipinski definition) is 4. The van der Waals surface area contributed by atoms with E-state index in [1.807, 2.05) is 32.0 Å². The van der Waals surface area contributed by atoms with Crippen LogP contribution in [0.2, 0.25) is 0 Å². The second kappa shape index (κ2) is 5.00. The summed E-state index contributed by atoms with van der Waals surface area (Å²) in [6.07, 6.45) is 3.31. The normalized spacial score (nSPS) is 12.8. The summed E-state index contributed by atoms with van der Waals surface area (Å²) in [5.74, 6) is 0.738. The molecule has 1 atom stereocenters. The third-order valence-corrected chi connectivity index (χ3v) is 3.93. The summed E-state index contributed by atoms with van der Waals surface area (Å²) in [6.45, 7) is 3.91. The van der Waals surface area contributed by atoms with Crippen LogP contribution in [0.4, 0.5) is 0 Å². The molecule has 1 unspecified atom stereocenters. The smallest absolute Gasteiger partial charge is 0.135 e. The number of fused-ring (bicyclic) bond motifs is 1. The van der Waals surface area contributed by atoms with Gasteiger partial charge in [-0.25, -0.2) is 0 Å². The maximum atomic E-state index is 6.31. The zero-order chi connectivity index (χ0) is 14.3. The standard InChI is InChI=1S/C15H14BrN3O/c1-8-11-4-3-10(16)7-12(11)20-15(8)13(17)14-9(2)18-5-6-19-14/h3-7,13H,17H2,1-2H3. The lowest BCUT2D eigenvalue weighted by molar-refractivity contribution is 0.514. The fourth-order valence-electron chi connectivity index (χ4n) is 2.36. The maximum Gasteiger partial charge on any atom is 0.135 e. The highest BCUT2D eigenvalue weighted by molar-refractivity contribution is 9.10. The van der Waals surface area contributed by atoms with Gasteiger partial charge < -0.3 is 10.2 Å². The van der Waals surface area contributed by atoms with Crippen LogP contribution in [0.5, 0.6) is 0 Å². The molecule has 0 saturated heterocycles. The first kappa shape index (κ1) is 13.3. The highest BCUT2D eigenvalue weighted by Crippen LogP contribution is 2.32. The van der Waals surface area contributed by atoms with Gasteiger partial charge in [0.15, 0.2) is 0 Å². The molecular formula is C15H14BrN3O. The summed E-state index contributed by atoms with van der Waals surface area (Å²) in [5.41, 5.74) is 9.75. The number of nitrogens with two attached hydrogens (primary N) is 1. The minimum atomic E-state index is -0.408. The van der Waals surface area contributed by atoms with Gasteiger partial charge in [-0.15, -0.1) is 0 Å². The molecule has 0 bridgehead atoms. The second-order valence-electron chi connectivity index (χ2n) is 4.74. The number of halogens is 1. The summed E-state index contributed by atoms with van der Waals surface area (Å²) in [4.78, 5) is 8.56. The molecule has 0 saturated carbocycles. The van der Waals surface area contributed by atoms with Crippen molar-refractivity contribution in [3.63, 3.8) is 0 Å². The van der Waals surface area contributed by atoms with Crippen molar-refractivity contribution in [3.05, 3.63) is 57.8 Å². The van der Waals surface area contributed by atoms with Gasteiger partial charge in [-0.3, -0.25) is 9.97 Å². The van der Waals surface area contributed by atoms with Crippen LogP contribution in [0, 0.1) is 13.8 Å². The molecule has 1 aromatic carbocycles. The number of aromatic nitrogens is 2. The Balaban J connectivity index is 2.15. The minimum Gasteiger partial charge on any atom is -0.459 e. The molecule has 0 spiro atoms. The maximum absolute atomic E-state index is 6.31. The third-order valence-electron chi connectivity index (χ3n) is 3.43. The van der Waals surface area contributed by atoms with E-state index in [1.165, 1.54) is 0 Å². The molecule has 3 aromatic rings. The fraction of sp³-hybridized carbons (Fsp3) is 0.200. The molecule has 2 heterocycles. The topological polar surface area (TPSA) is 64.9 Å². The molecule has 0 aliphatic rings. The number of aryl methyl sites for hydroxylation is 2. The zero-order valence-corrected chi connectivity index (χ0v) is 12.8. The van der Waals surface area contributed by atoms with Crippen LogP contribution in [-0.4, -0.2) is 9.97 Å². The van der Waals surface area contributed by atoms with Gasteiger partial charge in [-0.1, -0.05) is 15.9 Å². The Labute approximate surface area is 125 Å². The molecule has 0 fully saturated rings. The minimum absolute atomic E-state index is 0.408. The van der Waals surface area contributed by atoms with Crippen LogP contribution in [0.3, 0.4) is 0 Å². The molecule has 0 amide bonds. The van der Waals surface area contributed by atoms with Gasteiger partial charge in [0.2, 0.25) is 0 Å². The molecule has 0 radical (unpaired) electrons. The Morgan fingerprint density at radius 3 is 2.70 bits per heavy atom. The average molecular weight is 332 g/mol. The molecule has 0 aliphatic carbocycles. The van der Waals surface area contributed by atoms with E-state index in [0.717, 1.165) is 38.2 Å². The van der Waals surface area contributed by atoms with Gasteiger partial charge in [0.05, 0.1) is 11.4 Å². The van der Waals surface area contributed by atoms with E-state index in [1.54, 1.807) is 12.4 Å². The predicted molar refractivity (Wildman–Crippen MR) is 81.5 cm³/mol. The highest BCUT2D eigenvalue weighted by atomic mass is 79.9. The Kier molecular flexibility index (Phi) is 3.31. The van der Waals surface area contributed by atoms with Crippen LogP contribution in [0.1, 0.15) is 28.8 Å². The van der Waals surface area contributed by atoms with Crippen molar-refractivity contribution in [2.75, 3.05) is 0 Å². The lowest BCUT2D eigenvalue weighted by Gasteiger charge is -2.11. The molecule has 2 aromatic heterocycles. The fourth-order valence-corrected chi connectivity index (χ4v) is 2.70. The Hall–Kier alpha value is -1.72. The van der Waals surface area contributed by atoms with Crippen molar-refractivity contribution in [3.8, 4) is 0 Å². The predicted octanol–water partition coefficient (Wildman–Crippen LogP) is 3.65. The molecule has 2 N–H and O–H groups in total. The van der Waals surface area contributed by atoms with Gasteiger partial charge in [-0.05, 0) is 32.0 Å². The Morgan fingerprint density at radius 2 is 1.95 bits per heavy atom. The van der Waals surface area contributed by atoms with E-state index in [9.17, 15) is 0 Å². The largest absolute Gasteiger partial charge is 0.459 e. The molecular weight excluding hydrogens is 318 g/mol. The second-order valence-corrected chi connectivity index (χ2v) is 5.65. The van der Waals surface area contributed by atoms with Gasteiger partial charge in [0.25, 0.3) is 0 Å². The van der Waals surface area contributed by atoms with E-state index < -0.39 is 6.04 Å². The van der Waals surface area contributed by atoms with Crippen LogP contribution in [0.15, 0.2) is 39.5 Å². The first-order valence-corrected chi connectivity index (χ1v) is 7.09. The van der Waals surface area contributed by atoms with Crippen LogP contribution < -0.4 is 5.73 Å². The monoisotopic (exact) mass is 331 g/mol. The van der Waals surface area contributed by atoms with Crippen LogP contribution in [0.25, 0.3) is 11.0 Å². The Bertz CT molecular complexity index is 782. The number of furan rings is 1. The summed E-state index contributed by atoms with van der Waals surface area (Å²) < 4.78 is 6.91. The molecule has 102 valence electrons.